The van der Waals surface area contributed by atoms with Gasteiger partial charge in [-0.15, -0.1) is 0 Å². The van der Waals surface area contributed by atoms with Crippen LogP contribution in [0.2, 0.25) is 0 Å². The van der Waals surface area contributed by atoms with Crippen molar-refractivity contribution in [2.75, 3.05) is 25.0 Å². The molecule has 5 heteroatoms. The van der Waals surface area contributed by atoms with Crippen LogP contribution in [0.3, 0.4) is 0 Å². The predicted octanol–water partition coefficient (Wildman–Crippen LogP) is 4.44. The van der Waals surface area contributed by atoms with Gasteiger partial charge in [0.25, 0.3) is 0 Å². The van der Waals surface area contributed by atoms with Gasteiger partial charge in [-0.1, -0.05) is 18.7 Å². The largest absolute Gasteiger partial charge is 0.343 e. The quantitative estimate of drug-likeness (QED) is 0.718. The molecule has 5 nitrogen and oxygen atoms in total. The Balaban J connectivity index is 1.28. The van der Waals surface area contributed by atoms with E-state index in [-0.39, 0.29) is 0 Å². The lowest BCUT2D eigenvalue weighted by Crippen LogP contribution is -2.36. The summed E-state index contributed by atoms with van der Waals surface area (Å²) in [6.07, 6.45) is 11.5. The highest BCUT2D eigenvalue weighted by molar-refractivity contribution is 5.88. The first-order valence-corrected chi connectivity index (χ1v) is 10.1. The van der Waals surface area contributed by atoms with E-state index >= 15 is 0 Å². The van der Waals surface area contributed by atoms with Crippen LogP contribution in [0.1, 0.15) is 25.7 Å². The molecule has 1 aliphatic carbocycles. The lowest BCUT2D eigenvalue weighted by Gasteiger charge is -2.32. The van der Waals surface area contributed by atoms with Crippen molar-refractivity contribution >= 4 is 16.6 Å². The number of likely N-dealkylation sites (tertiary alicyclic amines) is 1. The van der Waals surface area contributed by atoms with E-state index in [1.807, 2.05) is 30.3 Å². The van der Waals surface area contributed by atoms with Crippen molar-refractivity contribution in [3.63, 3.8) is 0 Å². The molecule has 3 aromatic rings. The molecule has 2 aromatic heterocycles. The molecule has 1 aromatic carbocycles. The first-order chi connectivity index (χ1) is 13.6. The molecular formula is C23H27N5. The zero-order valence-electron chi connectivity index (χ0n) is 16.5. The topological polar surface area (TPSA) is 46.0 Å². The third kappa shape index (κ3) is 3.54. The maximum atomic E-state index is 4.57. The summed E-state index contributed by atoms with van der Waals surface area (Å²) in [7, 11) is 1.94. The molecule has 0 amide bonds. The Labute approximate surface area is 166 Å². The minimum absolute atomic E-state index is 0.719. The Morgan fingerprint density at radius 1 is 1.07 bits per heavy atom. The SMILES string of the molecule is C=C(CN1CCC2(CC1)CC2)Nc1cc2cc(-c3cnn(C)c3)ccc2cn1. The number of anilines is 1. The minimum atomic E-state index is 0.719. The Hall–Kier alpha value is -2.66. The number of hydrogen-bond donors (Lipinski definition) is 1. The van der Waals surface area contributed by atoms with Gasteiger partial charge < -0.3 is 5.32 Å². The molecule has 144 valence electrons. The lowest BCUT2D eigenvalue weighted by molar-refractivity contribution is 0.185. The Bertz CT molecular complexity index is 1020. The monoisotopic (exact) mass is 373 g/mol. The maximum absolute atomic E-state index is 4.57. The van der Waals surface area contributed by atoms with Gasteiger partial charge in [-0.25, -0.2) is 4.98 Å². The Kier molecular flexibility index (Phi) is 4.20. The number of aryl methyl sites for hydroxylation is 1. The van der Waals surface area contributed by atoms with Crippen LogP contribution in [0.25, 0.3) is 21.9 Å². The van der Waals surface area contributed by atoms with E-state index in [1.54, 1.807) is 0 Å². The van der Waals surface area contributed by atoms with Crippen molar-refractivity contribution in [3.8, 4) is 11.1 Å². The summed E-state index contributed by atoms with van der Waals surface area (Å²) < 4.78 is 1.83. The molecule has 3 heterocycles. The van der Waals surface area contributed by atoms with E-state index in [0.29, 0.717) is 0 Å². The molecule has 1 aliphatic heterocycles. The second-order valence-electron chi connectivity index (χ2n) is 8.54. The fraction of sp³-hybridized carbons (Fsp3) is 0.391. The van der Waals surface area contributed by atoms with Crippen molar-refractivity contribution in [2.24, 2.45) is 12.5 Å². The molecule has 1 spiro atoms. The van der Waals surface area contributed by atoms with Crippen molar-refractivity contribution in [1.29, 1.82) is 0 Å². The van der Waals surface area contributed by atoms with Gasteiger partial charge in [0.2, 0.25) is 0 Å². The van der Waals surface area contributed by atoms with Gasteiger partial charge in [0, 0.05) is 42.6 Å². The van der Waals surface area contributed by atoms with Crippen LogP contribution >= 0.6 is 0 Å². The predicted molar refractivity (Wildman–Crippen MR) is 114 cm³/mol. The molecule has 0 unspecified atom stereocenters. The summed E-state index contributed by atoms with van der Waals surface area (Å²) in [6.45, 7) is 7.52. The second-order valence-corrected chi connectivity index (χ2v) is 8.54. The molecule has 1 saturated carbocycles. The normalized spacial score (nSPS) is 18.5. The molecule has 0 radical (unpaired) electrons. The highest BCUT2D eigenvalue weighted by Gasteiger charge is 2.44. The first kappa shape index (κ1) is 17.4. The van der Waals surface area contributed by atoms with Gasteiger partial charge in [-0.3, -0.25) is 9.58 Å². The summed E-state index contributed by atoms with van der Waals surface area (Å²) in [5.41, 5.74) is 4.02. The number of hydrogen-bond acceptors (Lipinski definition) is 4. The van der Waals surface area contributed by atoms with Gasteiger partial charge in [-0.05, 0) is 67.3 Å². The first-order valence-electron chi connectivity index (χ1n) is 10.1. The van der Waals surface area contributed by atoms with E-state index in [0.717, 1.165) is 34.4 Å². The van der Waals surface area contributed by atoms with Crippen LogP contribution in [-0.4, -0.2) is 39.3 Å². The van der Waals surface area contributed by atoms with Crippen LogP contribution in [0, 0.1) is 5.41 Å². The molecule has 1 N–H and O–H groups in total. The maximum Gasteiger partial charge on any atom is 0.130 e. The lowest BCUT2D eigenvalue weighted by atomic mass is 9.94. The molecule has 1 saturated heterocycles. The molecular weight excluding hydrogens is 346 g/mol. The molecule has 0 atom stereocenters. The standard InChI is InChI=1S/C23H27N5/c1-17(15-28-9-7-23(5-6-23)8-10-28)26-22-12-20-11-18(3-4-19(20)13-24-22)21-14-25-27(2)16-21/h3-4,11-14,16H,1,5-10,15H2,2H3,(H,24,26). The fourth-order valence-electron chi connectivity index (χ4n) is 4.31. The molecule has 2 aliphatic rings. The van der Waals surface area contributed by atoms with Gasteiger partial charge in [0.05, 0.1) is 6.20 Å². The number of pyridine rings is 1. The zero-order valence-corrected chi connectivity index (χ0v) is 16.5. The van der Waals surface area contributed by atoms with Gasteiger partial charge in [0.15, 0.2) is 0 Å². The molecule has 28 heavy (non-hydrogen) atoms. The number of benzene rings is 1. The average Bonchev–Trinajstić information content (AvgIpc) is 3.31. The summed E-state index contributed by atoms with van der Waals surface area (Å²) in [5.74, 6) is 0.858. The van der Waals surface area contributed by atoms with Crippen LogP contribution in [0.15, 0.2) is 55.1 Å². The van der Waals surface area contributed by atoms with Crippen molar-refractivity contribution < 1.29 is 0 Å². The van der Waals surface area contributed by atoms with E-state index in [4.69, 9.17) is 0 Å². The molecule has 2 fully saturated rings. The fourth-order valence-corrected chi connectivity index (χ4v) is 4.31. The number of nitrogens with one attached hydrogen (secondary N) is 1. The number of rotatable bonds is 5. The third-order valence-electron chi connectivity index (χ3n) is 6.35. The minimum Gasteiger partial charge on any atom is -0.343 e. The van der Waals surface area contributed by atoms with Gasteiger partial charge in [0.1, 0.15) is 5.82 Å². The van der Waals surface area contributed by atoms with Crippen LogP contribution < -0.4 is 5.32 Å². The third-order valence-corrected chi connectivity index (χ3v) is 6.35. The highest BCUT2D eigenvalue weighted by atomic mass is 15.2. The van der Waals surface area contributed by atoms with Gasteiger partial charge >= 0.3 is 0 Å². The molecule has 5 rings (SSSR count). The second kappa shape index (κ2) is 6.74. The van der Waals surface area contributed by atoms with Gasteiger partial charge in [-0.2, -0.15) is 5.10 Å². The summed E-state index contributed by atoms with van der Waals surface area (Å²) >= 11 is 0. The van der Waals surface area contributed by atoms with Crippen molar-refractivity contribution in [1.82, 2.24) is 19.7 Å². The van der Waals surface area contributed by atoms with E-state index < -0.39 is 0 Å². The highest BCUT2D eigenvalue weighted by Crippen LogP contribution is 2.53. The smallest absolute Gasteiger partial charge is 0.130 e. The summed E-state index contributed by atoms with van der Waals surface area (Å²) in [6, 6.07) is 8.54. The Morgan fingerprint density at radius 2 is 1.89 bits per heavy atom. The number of piperidine rings is 1. The zero-order chi connectivity index (χ0) is 19.1. The molecule has 0 bridgehead atoms. The van der Waals surface area contributed by atoms with Crippen LogP contribution in [-0.2, 0) is 7.05 Å². The average molecular weight is 374 g/mol. The number of aromatic nitrogens is 3. The van der Waals surface area contributed by atoms with Crippen molar-refractivity contribution in [3.05, 3.63) is 55.1 Å². The van der Waals surface area contributed by atoms with E-state index in [1.165, 1.54) is 49.7 Å². The van der Waals surface area contributed by atoms with Crippen LogP contribution in [0.4, 0.5) is 5.82 Å². The van der Waals surface area contributed by atoms with Crippen LogP contribution in [0.5, 0.6) is 0 Å². The summed E-state index contributed by atoms with van der Waals surface area (Å²) in [4.78, 5) is 7.09. The van der Waals surface area contributed by atoms with E-state index in [2.05, 4.69) is 51.1 Å². The number of fused-ring (bicyclic) bond motifs is 1. The van der Waals surface area contributed by atoms with E-state index in [9.17, 15) is 0 Å². The number of nitrogens with zero attached hydrogens (tertiary/aromatic N) is 4. The summed E-state index contributed by atoms with van der Waals surface area (Å²) in [5, 5.41) is 9.99. The Morgan fingerprint density at radius 3 is 2.61 bits per heavy atom. The van der Waals surface area contributed by atoms with Crippen molar-refractivity contribution in [2.45, 2.75) is 25.7 Å².